The molecule has 0 saturated carbocycles. The van der Waals surface area contributed by atoms with Gasteiger partial charge in [0.25, 0.3) is 0 Å². The largest absolute Gasteiger partial charge is 0.219 e. The lowest BCUT2D eigenvalue weighted by molar-refractivity contribution is 0.595. The van der Waals surface area contributed by atoms with Gasteiger partial charge in [-0.2, -0.15) is 0 Å². The van der Waals surface area contributed by atoms with Crippen LogP contribution in [0, 0.1) is 55.4 Å². The van der Waals surface area contributed by atoms with Crippen LogP contribution < -0.4 is 10.9 Å². The van der Waals surface area contributed by atoms with Crippen molar-refractivity contribution in [1.82, 2.24) is 0 Å². The molecular weight excluding hydrogens is 327 g/mol. The fourth-order valence-corrected chi connectivity index (χ4v) is 7.15. The molecule has 132 valence electrons. The molecular formula is C21H27BO2S. The average molecular weight is 354 g/mol. The summed E-state index contributed by atoms with van der Waals surface area (Å²) < 4.78 is 27.4. The molecule has 1 aliphatic rings. The normalized spacial score (nSPS) is 15.2. The van der Waals surface area contributed by atoms with Crippen LogP contribution in [0.3, 0.4) is 0 Å². The molecule has 1 aliphatic heterocycles. The molecule has 2 nitrogen and oxygen atoms in total. The average Bonchev–Trinajstić information content (AvgIpc) is 2.55. The minimum atomic E-state index is -3.52. The van der Waals surface area contributed by atoms with E-state index in [1.165, 1.54) is 11.1 Å². The second-order valence-corrected chi connectivity index (χ2v) is 9.53. The minimum Gasteiger partial charge on any atom is -0.219 e. The van der Waals surface area contributed by atoms with Crippen LogP contribution in [0.4, 0.5) is 0 Å². The van der Waals surface area contributed by atoms with Gasteiger partial charge in [-0.3, -0.25) is 0 Å². The standard InChI is InChI=1S/C21H27BO2S/c1-10-12(3)16(7)20-18(14(10)5)22(9)19-15(6)11(2)13(4)17(8)21(19)25(20,23)24/h1-9H3. The van der Waals surface area contributed by atoms with Crippen LogP contribution in [-0.4, -0.2) is 15.1 Å². The Bertz CT molecular complexity index is 970. The van der Waals surface area contributed by atoms with E-state index in [9.17, 15) is 8.42 Å². The Morgan fingerprint density at radius 2 is 0.800 bits per heavy atom. The van der Waals surface area contributed by atoms with Gasteiger partial charge < -0.3 is 0 Å². The maximum absolute atomic E-state index is 13.7. The Labute approximate surface area is 152 Å². The smallest absolute Gasteiger partial charge is 0.210 e. The van der Waals surface area contributed by atoms with Gasteiger partial charge in [-0.25, -0.2) is 8.42 Å². The number of rotatable bonds is 0. The van der Waals surface area contributed by atoms with Crippen molar-refractivity contribution in [2.45, 2.75) is 72.0 Å². The van der Waals surface area contributed by atoms with Gasteiger partial charge >= 0.3 is 0 Å². The maximum atomic E-state index is 13.7. The second-order valence-electron chi connectivity index (χ2n) is 7.71. The van der Waals surface area contributed by atoms with E-state index in [1.807, 2.05) is 27.7 Å². The summed E-state index contributed by atoms with van der Waals surface area (Å²) >= 11 is 0. The van der Waals surface area contributed by atoms with Crippen LogP contribution >= 0.6 is 0 Å². The quantitative estimate of drug-likeness (QED) is 0.678. The predicted molar refractivity (Wildman–Crippen MR) is 107 cm³/mol. The van der Waals surface area contributed by atoms with E-state index in [0.29, 0.717) is 9.79 Å². The Balaban J connectivity index is 2.62. The van der Waals surface area contributed by atoms with Gasteiger partial charge in [-0.05, 0) is 88.8 Å². The molecule has 3 rings (SSSR count). The third kappa shape index (κ3) is 2.13. The first-order chi connectivity index (χ1) is 11.4. The molecule has 2 aromatic carbocycles. The van der Waals surface area contributed by atoms with Crippen LogP contribution in [0.1, 0.15) is 44.5 Å². The minimum absolute atomic E-state index is 0.0875. The highest BCUT2D eigenvalue weighted by Gasteiger charge is 2.41. The molecule has 0 atom stereocenters. The van der Waals surface area contributed by atoms with Crippen molar-refractivity contribution in [3.8, 4) is 0 Å². The molecule has 0 fully saturated rings. The van der Waals surface area contributed by atoms with Gasteiger partial charge in [0.1, 0.15) is 0 Å². The van der Waals surface area contributed by atoms with E-state index < -0.39 is 9.84 Å². The van der Waals surface area contributed by atoms with Gasteiger partial charge in [-0.15, -0.1) is 0 Å². The molecule has 0 bridgehead atoms. The molecule has 25 heavy (non-hydrogen) atoms. The zero-order valence-electron chi connectivity index (χ0n) is 16.8. The molecule has 1 heterocycles. The number of fused-ring (bicyclic) bond motifs is 2. The molecule has 0 aromatic heterocycles. The summed E-state index contributed by atoms with van der Waals surface area (Å²) in [6.45, 7) is 18.6. The zero-order valence-corrected chi connectivity index (χ0v) is 17.6. The fourth-order valence-electron chi connectivity index (χ4n) is 4.60. The highest BCUT2D eigenvalue weighted by Crippen LogP contribution is 2.35. The van der Waals surface area contributed by atoms with Crippen LogP contribution in [0.25, 0.3) is 0 Å². The summed E-state index contributed by atoms with van der Waals surface area (Å²) in [6, 6.07) is 0. The Morgan fingerprint density at radius 1 is 0.520 bits per heavy atom. The van der Waals surface area contributed by atoms with Crippen LogP contribution in [0.5, 0.6) is 0 Å². The summed E-state index contributed by atoms with van der Waals surface area (Å²) in [5, 5.41) is 0. The van der Waals surface area contributed by atoms with E-state index in [2.05, 4.69) is 34.5 Å². The molecule has 0 saturated heterocycles. The van der Waals surface area contributed by atoms with E-state index in [1.54, 1.807) is 0 Å². The van der Waals surface area contributed by atoms with E-state index >= 15 is 0 Å². The molecule has 0 spiro atoms. The Morgan fingerprint density at radius 3 is 1.12 bits per heavy atom. The topological polar surface area (TPSA) is 34.1 Å². The van der Waals surface area contributed by atoms with Crippen LogP contribution in [0.15, 0.2) is 9.79 Å². The highest BCUT2D eigenvalue weighted by molar-refractivity contribution is 7.92. The number of benzene rings is 2. The highest BCUT2D eigenvalue weighted by atomic mass is 32.2. The van der Waals surface area contributed by atoms with Crippen molar-refractivity contribution >= 4 is 27.5 Å². The van der Waals surface area contributed by atoms with E-state index in [0.717, 1.165) is 44.3 Å². The van der Waals surface area contributed by atoms with Gasteiger partial charge in [0.05, 0.1) is 9.79 Å². The van der Waals surface area contributed by atoms with E-state index in [4.69, 9.17) is 0 Å². The van der Waals surface area contributed by atoms with Gasteiger partial charge in [0.2, 0.25) is 16.6 Å². The molecule has 4 heteroatoms. The molecule has 0 aliphatic carbocycles. The monoisotopic (exact) mass is 354 g/mol. The van der Waals surface area contributed by atoms with E-state index in [-0.39, 0.29) is 6.71 Å². The van der Waals surface area contributed by atoms with Crippen molar-refractivity contribution in [1.29, 1.82) is 0 Å². The first kappa shape index (κ1) is 18.3. The molecule has 0 amide bonds. The van der Waals surface area contributed by atoms with Crippen molar-refractivity contribution in [2.24, 2.45) is 0 Å². The summed E-state index contributed by atoms with van der Waals surface area (Å²) in [5.74, 6) is 0. The lowest BCUT2D eigenvalue weighted by Gasteiger charge is -2.33. The van der Waals surface area contributed by atoms with Gasteiger partial charge in [0, 0.05) is 0 Å². The molecule has 0 radical (unpaired) electrons. The van der Waals surface area contributed by atoms with Crippen molar-refractivity contribution < 1.29 is 8.42 Å². The van der Waals surface area contributed by atoms with Crippen molar-refractivity contribution in [3.05, 3.63) is 44.5 Å². The third-order valence-corrected chi connectivity index (χ3v) is 8.88. The second kappa shape index (κ2) is 5.47. The third-order valence-electron chi connectivity index (χ3n) is 6.76. The fraction of sp³-hybridized carbons (Fsp3) is 0.429. The summed E-state index contributed by atoms with van der Waals surface area (Å²) in [4.78, 5) is 1.11. The van der Waals surface area contributed by atoms with Gasteiger partial charge in [-0.1, -0.05) is 28.9 Å². The Kier molecular flexibility index (Phi) is 4.00. The summed E-state index contributed by atoms with van der Waals surface area (Å²) in [5.41, 5.74) is 10.7. The van der Waals surface area contributed by atoms with Crippen LogP contribution in [-0.2, 0) is 9.84 Å². The number of sulfone groups is 1. The van der Waals surface area contributed by atoms with Crippen molar-refractivity contribution in [2.75, 3.05) is 0 Å². The van der Waals surface area contributed by atoms with Gasteiger partial charge in [0.15, 0.2) is 0 Å². The SMILES string of the molecule is CB1c2c(C)c(C)c(C)c(C)c2S(=O)(=O)c2c(C)c(C)c(C)c(C)c21. The lowest BCUT2D eigenvalue weighted by atomic mass is 9.40. The van der Waals surface area contributed by atoms with Crippen molar-refractivity contribution in [3.63, 3.8) is 0 Å². The summed E-state index contributed by atoms with van der Waals surface area (Å²) in [6.07, 6.45) is 0. The molecule has 0 unspecified atom stereocenters. The maximum Gasteiger partial charge on any atom is 0.210 e. The molecule has 2 aromatic rings. The first-order valence-electron chi connectivity index (χ1n) is 8.90. The molecule has 0 N–H and O–H groups in total. The predicted octanol–water partition coefficient (Wildman–Crippen LogP) is 3.54. The lowest BCUT2D eigenvalue weighted by Crippen LogP contribution is -2.52. The van der Waals surface area contributed by atoms with Crippen LogP contribution in [0.2, 0.25) is 6.82 Å². The zero-order chi connectivity index (χ0) is 19.0. The number of hydrogen-bond donors (Lipinski definition) is 0. The first-order valence-corrected chi connectivity index (χ1v) is 10.4. The Hall–Kier alpha value is -1.55. The summed E-state index contributed by atoms with van der Waals surface area (Å²) in [7, 11) is -3.52. The number of hydrogen-bond acceptors (Lipinski definition) is 2.